The van der Waals surface area contributed by atoms with Crippen molar-refractivity contribution in [2.45, 2.75) is 20.2 Å². The predicted molar refractivity (Wildman–Crippen MR) is 85.2 cm³/mol. The van der Waals surface area contributed by atoms with Crippen LogP contribution in [-0.4, -0.2) is 16.1 Å². The summed E-state index contributed by atoms with van der Waals surface area (Å²) in [6.07, 6.45) is -4.73. The van der Waals surface area contributed by atoms with E-state index in [1.165, 1.54) is 12.1 Å². The first-order valence-corrected chi connectivity index (χ1v) is 7.32. The van der Waals surface area contributed by atoms with E-state index < -0.39 is 6.36 Å². The molecule has 2 aromatic carbocycles. The lowest BCUT2D eigenvalue weighted by Crippen LogP contribution is -2.17. The van der Waals surface area contributed by atoms with Gasteiger partial charge in [-0.2, -0.15) is 5.10 Å². The number of hydrogen-bond donors (Lipinski definition) is 0. The second kappa shape index (κ2) is 6.03. The first kappa shape index (κ1) is 16.1. The molecule has 0 aliphatic heterocycles. The Morgan fingerprint density at radius 1 is 0.958 bits per heavy atom. The predicted octanol–water partition coefficient (Wildman–Crippen LogP) is 5.05. The van der Waals surface area contributed by atoms with Crippen molar-refractivity contribution in [1.29, 1.82) is 0 Å². The zero-order valence-corrected chi connectivity index (χ0v) is 13.1. The van der Waals surface area contributed by atoms with Gasteiger partial charge in [-0.15, -0.1) is 13.2 Å². The van der Waals surface area contributed by atoms with E-state index in [9.17, 15) is 13.2 Å². The number of rotatable bonds is 3. The summed E-state index contributed by atoms with van der Waals surface area (Å²) >= 11 is 0. The fourth-order valence-corrected chi connectivity index (χ4v) is 2.61. The third-order valence-electron chi connectivity index (χ3n) is 3.52. The Kier molecular flexibility index (Phi) is 4.05. The van der Waals surface area contributed by atoms with E-state index in [0.717, 1.165) is 17.1 Å². The van der Waals surface area contributed by atoms with Crippen LogP contribution in [0.5, 0.6) is 5.75 Å². The van der Waals surface area contributed by atoms with E-state index in [-0.39, 0.29) is 5.75 Å². The first-order chi connectivity index (χ1) is 11.3. The van der Waals surface area contributed by atoms with Gasteiger partial charge in [-0.3, -0.25) is 0 Å². The SMILES string of the molecule is Cc1cc(C)n(-c2cccc(-c3ccccc3OC(F)(F)F)c2)n1. The van der Waals surface area contributed by atoms with Crippen LogP contribution in [0.4, 0.5) is 13.2 Å². The normalized spacial score (nSPS) is 11.5. The quantitative estimate of drug-likeness (QED) is 0.671. The lowest BCUT2D eigenvalue weighted by atomic mass is 10.0. The van der Waals surface area contributed by atoms with E-state index in [2.05, 4.69) is 9.84 Å². The summed E-state index contributed by atoms with van der Waals surface area (Å²) in [4.78, 5) is 0. The molecule has 3 nitrogen and oxygen atoms in total. The van der Waals surface area contributed by atoms with Crippen molar-refractivity contribution in [1.82, 2.24) is 9.78 Å². The van der Waals surface area contributed by atoms with Crippen LogP contribution < -0.4 is 4.74 Å². The molecule has 0 aliphatic carbocycles. The number of nitrogens with zero attached hydrogens (tertiary/aromatic N) is 2. The molecule has 6 heteroatoms. The van der Waals surface area contributed by atoms with Crippen LogP contribution in [-0.2, 0) is 0 Å². The maximum absolute atomic E-state index is 12.6. The molecular formula is C18H15F3N2O. The molecule has 0 bridgehead atoms. The van der Waals surface area contributed by atoms with E-state index >= 15 is 0 Å². The van der Waals surface area contributed by atoms with Crippen LogP contribution in [0.3, 0.4) is 0 Å². The molecule has 24 heavy (non-hydrogen) atoms. The minimum Gasteiger partial charge on any atom is -0.405 e. The highest BCUT2D eigenvalue weighted by atomic mass is 19.4. The van der Waals surface area contributed by atoms with Crippen LogP contribution in [0.15, 0.2) is 54.6 Å². The average Bonchev–Trinajstić information content (AvgIpc) is 2.85. The first-order valence-electron chi connectivity index (χ1n) is 7.32. The van der Waals surface area contributed by atoms with E-state index in [1.807, 2.05) is 26.0 Å². The van der Waals surface area contributed by atoms with Gasteiger partial charge in [-0.25, -0.2) is 4.68 Å². The highest BCUT2D eigenvalue weighted by Gasteiger charge is 2.32. The Balaban J connectivity index is 2.06. The summed E-state index contributed by atoms with van der Waals surface area (Å²) in [5, 5.41) is 4.40. The second-order valence-electron chi connectivity index (χ2n) is 5.43. The lowest BCUT2D eigenvalue weighted by molar-refractivity contribution is -0.274. The van der Waals surface area contributed by atoms with Gasteiger partial charge in [0.2, 0.25) is 0 Å². The minimum atomic E-state index is -4.73. The summed E-state index contributed by atoms with van der Waals surface area (Å²) in [5.41, 5.74) is 3.60. The number of hydrogen-bond acceptors (Lipinski definition) is 2. The maximum Gasteiger partial charge on any atom is 0.573 e. The molecule has 0 saturated heterocycles. The van der Waals surface area contributed by atoms with Gasteiger partial charge in [-0.1, -0.05) is 30.3 Å². The molecular weight excluding hydrogens is 317 g/mol. The third-order valence-corrected chi connectivity index (χ3v) is 3.52. The Hall–Kier alpha value is -2.76. The molecule has 0 spiro atoms. The monoisotopic (exact) mass is 332 g/mol. The van der Waals surface area contributed by atoms with E-state index in [0.29, 0.717) is 11.1 Å². The standard InChI is InChI=1S/C18H15F3N2O/c1-12-10-13(2)23(22-12)15-7-5-6-14(11-15)16-8-3-4-9-17(16)24-18(19,20)21/h3-11H,1-2H3. The Morgan fingerprint density at radius 2 is 1.71 bits per heavy atom. The second-order valence-corrected chi connectivity index (χ2v) is 5.43. The third kappa shape index (κ3) is 3.42. The van der Waals surface area contributed by atoms with Gasteiger partial charge in [-0.05, 0) is 43.7 Å². The molecule has 0 unspecified atom stereocenters. The van der Waals surface area contributed by atoms with Gasteiger partial charge in [0.05, 0.1) is 11.4 Å². The molecule has 0 atom stereocenters. The topological polar surface area (TPSA) is 27.1 Å². The van der Waals surface area contributed by atoms with Gasteiger partial charge in [0.1, 0.15) is 5.75 Å². The van der Waals surface area contributed by atoms with Crippen molar-refractivity contribution in [3.05, 3.63) is 66.0 Å². The Bertz CT molecular complexity index is 869. The van der Waals surface area contributed by atoms with Crippen LogP contribution >= 0.6 is 0 Å². The number of halogens is 3. The number of para-hydroxylation sites is 1. The zero-order valence-electron chi connectivity index (χ0n) is 13.1. The number of benzene rings is 2. The highest BCUT2D eigenvalue weighted by molar-refractivity contribution is 5.72. The molecule has 3 rings (SSSR count). The highest BCUT2D eigenvalue weighted by Crippen LogP contribution is 2.34. The number of aromatic nitrogens is 2. The van der Waals surface area contributed by atoms with Gasteiger partial charge in [0.15, 0.2) is 0 Å². The molecule has 124 valence electrons. The summed E-state index contributed by atoms with van der Waals surface area (Å²) < 4.78 is 43.7. The smallest absolute Gasteiger partial charge is 0.405 e. The molecule has 1 heterocycles. The minimum absolute atomic E-state index is 0.226. The number of alkyl halides is 3. The number of aryl methyl sites for hydroxylation is 2. The fourth-order valence-electron chi connectivity index (χ4n) is 2.61. The summed E-state index contributed by atoms with van der Waals surface area (Å²) in [5.74, 6) is -0.226. The van der Waals surface area contributed by atoms with E-state index in [4.69, 9.17) is 0 Å². The molecule has 0 saturated carbocycles. The molecule has 0 aliphatic rings. The zero-order chi connectivity index (χ0) is 17.3. The largest absolute Gasteiger partial charge is 0.573 e. The maximum atomic E-state index is 12.6. The molecule has 0 N–H and O–H groups in total. The van der Waals surface area contributed by atoms with Crippen LogP contribution in [0, 0.1) is 13.8 Å². The Morgan fingerprint density at radius 3 is 2.38 bits per heavy atom. The summed E-state index contributed by atoms with van der Waals surface area (Å²) in [6, 6.07) is 15.2. The molecule has 3 aromatic rings. The van der Waals surface area contributed by atoms with Crippen molar-refractivity contribution in [2.75, 3.05) is 0 Å². The van der Waals surface area contributed by atoms with Gasteiger partial charge in [0.25, 0.3) is 0 Å². The van der Waals surface area contributed by atoms with Crippen molar-refractivity contribution >= 4 is 0 Å². The summed E-state index contributed by atoms with van der Waals surface area (Å²) in [7, 11) is 0. The fraction of sp³-hybridized carbons (Fsp3) is 0.167. The van der Waals surface area contributed by atoms with Crippen LogP contribution in [0.1, 0.15) is 11.4 Å². The molecule has 1 aromatic heterocycles. The van der Waals surface area contributed by atoms with Gasteiger partial charge in [0, 0.05) is 11.3 Å². The average molecular weight is 332 g/mol. The molecule has 0 radical (unpaired) electrons. The summed E-state index contributed by atoms with van der Waals surface area (Å²) in [6.45, 7) is 3.81. The van der Waals surface area contributed by atoms with Crippen molar-refractivity contribution in [3.8, 4) is 22.6 Å². The number of ether oxygens (including phenoxy) is 1. The Labute approximate surface area is 137 Å². The molecule has 0 amide bonds. The van der Waals surface area contributed by atoms with Gasteiger partial charge < -0.3 is 4.74 Å². The molecule has 0 fully saturated rings. The lowest BCUT2D eigenvalue weighted by Gasteiger charge is -2.14. The van der Waals surface area contributed by atoms with Crippen molar-refractivity contribution in [2.24, 2.45) is 0 Å². The van der Waals surface area contributed by atoms with Gasteiger partial charge >= 0.3 is 6.36 Å². The van der Waals surface area contributed by atoms with Crippen LogP contribution in [0.25, 0.3) is 16.8 Å². The van der Waals surface area contributed by atoms with E-state index in [1.54, 1.807) is 35.0 Å². The van der Waals surface area contributed by atoms with Crippen molar-refractivity contribution in [3.63, 3.8) is 0 Å². The van der Waals surface area contributed by atoms with Crippen LogP contribution in [0.2, 0.25) is 0 Å². The van der Waals surface area contributed by atoms with Crippen molar-refractivity contribution < 1.29 is 17.9 Å².